The second-order valence-corrected chi connectivity index (χ2v) is 8.72. The molecule has 3 aromatic heterocycles. The van der Waals surface area contributed by atoms with Crippen LogP contribution in [0.5, 0.6) is 0 Å². The van der Waals surface area contributed by atoms with Gasteiger partial charge in [0.25, 0.3) is 11.8 Å². The Hall–Kier alpha value is -4.47. The van der Waals surface area contributed by atoms with Crippen LogP contribution in [0.1, 0.15) is 26.5 Å². The lowest BCUT2D eigenvalue weighted by atomic mass is 10.1. The molecule has 0 aliphatic carbocycles. The number of anilines is 1. The Kier molecular flexibility index (Phi) is 6.98. The lowest BCUT2D eigenvalue weighted by Gasteiger charge is -2.12. The highest BCUT2D eigenvalue weighted by molar-refractivity contribution is 6.38. The molecule has 3 heterocycles. The van der Waals surface area contributed by atoms with Gasteiger partial charge in [-0.1, -0.05) is 47.5 Å². The molecule has 0 aliphatic rings. The van der Waals surface area contributed by atoms with Crippen LogP contribution in [0.25, 0.3) is 16.9 Å². The van der Waals surface area contributed by atoms with E-state index in [4.69, 9.17) is 23.2 Å². The first-order valence-corrected chi connectivity index (χ1v) is 11.9. The highest BCUT2D eigenvalue weighted by Crippen LogP contribution is 2.32. The molecule has 11 heteroatoms. The third kappa shape index (κ3) is 5.37. The molecule has 0 saturated carbocycles. The van der Waals surface area contributed by atoms with Crippen LogP contribution in [-0.2, 0) is 6.54 Å². The van der Waals surface area contributed by atoms with E-state index in [2.05, 4.69) is 30.9 Å². The molecule has 0 unspecified atom stereocenters. The number of carbonyl (C=O) groups is 2. The largest absolute Gasteiger partial charge is 0.345 e. The predicted octanol–water partition coefficient (Wildman–Crippen LogP) is 5.15. The second kappa shape index (κ2) is 10.7. The van der Waals surface area contributed by atoms with Crippen molar-refractivity contribution in [1.29, 1.82) is 0 Å². The minimum Gasteiger partial charge on any atom is -0.345 e. The molecule has 2 amide bonds. The lowest BCUT2D eigenvalue weighted by molar-refractivity contribution is 0.0944. The summed E-state index contributed by atoms with van der Waals surface area (Å²) in [6, 6.07) is 20.9. The first-order valence-electron chi connectivity index (χ1n) is 11.1. The highest BCUT2D eigenvalue weighted by atomic mass is 35.5. The maximum Gasteiger partial charge on any atom is 0.272 e. The van der Waals surface area contributed by atoms with Gasteiger partial charge in [-0.3, -0.25) is 19.7 Å². The van der Waals surface area contributed by atoms with Crippen LogP contribution in [0.4, 0.5) is 5.82 Å². The molecule has 0 atom stereocenters. The van der Waals surface area contributed by atoms with E-state index in [9.17, 15) is 9.59 Å². The van der Waals surface area contributed by atoms with Crippen LogP contribution >= 0.6 is 23.2 Å². The minimum absolute atomic E-state index is 0.120. The Morgan fingerprint density at radius 2 is 1.70 bits per heavy atom. The minimum atomic E-state index is -0.500. The van der Waals surface area contributed by atoms with Crippen LogP contribution < -0.4 is 10.6 Å². The van der Waals surface area contributed by atoms with Crippen molar-refractivity contribution in [3.05, 3.63) is 112 Å². The van der Waals surface area contributed by atoms with E-state index in [0.29, 0.717) is 22.0 Å². The molecule has 0 saturated heterocycles. The molecule has 9 nitrogen and oxygen atoms in total. The van der Waals surface area contributed by atoms with E-state index in [1.165, 1.54) is 16.8 Å². The molecular formula is C26H19Cl2N7O2. The molecule has 5 aromatic rings. The highest BCUT2D eigenvalue weighted by Gasteiger charge is 2.20. The third-order valence-electron chi connectivity index (χ3n) is 5.42. The lowest BCUT2D eigenvalue weighted by Crippen LogP contribution is -2.23. The Labute approximate surface area is 221 Å². The molecule has 184 valence electrons. The molecule has 3 N–H and O–H groups in total. The van der Waals surface area contributed by atoms with E-state index < -0.39 is 11.8 Å². The molecule has 5 rings (SSSR count). The van der Waals surface area contributed by atoms with E-state index in [0.717, 1.165) is 5.69 Å². The number of hydrogen-bond donors (Lipinski definition) is 3. The summed E-state index contributed by atoms with van der Waals surface area (Å²) in [4.78, 5) is 30.5. The number of pyridine rings is 1. The number of para-hydroxylation sites is 1. The van der Waals surface area contributed by atoms with Crippen molar-refractivity contribution in [2.75, 3.05) is 5.32 Å². The Balaban J connectivity index is 1.46. The van der Waals surface area contributed by atoms with E-state index >= 15 is 0 Å². The Bertz CT molecular complexity index is 1550. The normalized spacial score (nSPS) is 10.8. The van der Waals surface area contributed by atoms with E-state index in [1.807, 2.05) is 36.4 Å². The van der Waals surface area contributed by atoms with Gasteiger partial charge in [0.1, 0.15) is 5.82 Å². The molecule has 0 aliphatic heterocycles. The molecular weight excluding hydrogens is 513 g/mol. The predicted molar refractivity (Wildman–Crippen MR) is 141 cm³/mol. The number of aromatic nitrogens is 5. The van der Waals surface area contributed by atoms with Gasteiger partial charge in [0.2, 0.25) is 0 Å². The maximum atomic E-state index is 13.4. The zero-order chi connectivity index (χ0) is 25.8. The summed E-state index contributed by atoms with van der Waals surface area (Å²) in [7, 11) is 0. The first kappa shape index (κ1) is 24.2. The van der Waals surface area contributed by atoms with Gasteiger partial charge in [-0.05, 0) is 42.5 Å². The number of rotatable bonds is 7. The number of halogens is 2. The molecule has 0 spiro atoms. The SMILES string of the molecule is O=C(NCc1ccn[nH]1)c1cc(NC(=O)c2cc(-c3ccccn3)c(Cl)cc2Cl)n(-c2ccccc2)n1. The van der Waals surface area contributed by atoms with Crippen LogP contribution in [0.2, 0.25) is 10.0 Å². The maximum absolute atomic E-state index is 13.4. The van der Waals surface area contributed by atoms with Gasteiger partial charge in [-0.2, -0.15) is 10.2 Å². The van der Waals surface area contributed by atoms with Crippen molar-refractivity contribution in [3.8, 4) is 16.9 Å². The van der Waals surface area contributed by atoms with Gasteiger partial charge in [0.05, 0.1) is 39.2 Å². The average molecular weight is 532 g/mol. The zero-order valence-corrected chi connectivity index (χ0v) is 20.7. The number of carbonyl (C=O) groups excluding carboxylic acids is 2. The monoisotopic (exact) mass is 531 g/mol. The van der Waals surface area contributed by atoms with Crippen LogP contribution in [0.3, 0.4) is 0 Å². The smallest absolute Gasteiger partial charge is 0.272 e. The van der Waals surface area contributed by atoms with Crippen molar-refractivity contribution in [2.24, 2.45) is 0 Å². The Morgan fingerprint density at radius 1 is 0.892 bits per heavy atom. The fourth-order valence-corrected chi connectivity index (χ4v) is 4.19. The summed E-state index contributed by atoms with van der Waals surface area (Å²) < 4.78 is 1.48. The number of amides is 2. The summed E-state index contributed by atoms with van der Waals surface area (Å²) in [5.74, 6) is -0.629. The molecule has 0 fully saturated rings. The summed E-state index contributed by atoms with van der Waals surface area (Å²) in [6.07, 6.45) is 3.23. The van der Waals surface area contributed by atoms with Gasteiger partial charge in [-0.25, -0.2) is 4.68 Å². The van der Waals surface area contributed by atoms with Crippen molar-refractivity contribution >= 4 is 40.8 Å². The topological polar surface area (TPSA) is 118 Å². The number of nitrogens with one attached hydrogen (secondary N) is 3. The van der Waals surface area contributed by atoms with Gasteiger partial charge >= 0.3 is 0 Å². The fraction of sp³-hybridized carbons (Fsp3) is 0.0385. The summed E-state index contributed by atoms with van der Waals surface area (Å²) in [6.45, 7) is 0.245. The third-order valence-corrected chi connectivity index (χ3v) is 6.05. The van der Waals surface area contributed by atoms with Crippen molar-refractivity contribution in [2.45, 2.75) is 6.54 Å². The first-order chi connectivity index (χ1) is 18.0. The summed E-state index contributed by atoms with van der Waals surface area (Å²) in [5, 5.41) is 17.2. The van der Waals surface area contributed by atoms with Gasteiger partial charge < -0.3 is 10.6 Å². The molecule has 2 aromatic carbocycles. The quantitative estimate of drug-likeness (QED) is 0.268. The van der Waals surface area contributed by atoms with E-state index in [-0.39, 0.29) is 28.6 Å². The van der Waals surface area contributed by atoms with Crippen molar-refractivity contribution < 1.29 is 9.59 Å². The van der Waals surface area contributed by atoms with E-state index in [1.54, 1.807) is 36.7 Å². The second-order valence-electron chi connectivity index (χ2n) is 7.91. The summed E-state index contributed by atoms with van der Waals surface area (Å²) >= 11 is 12.8. The van der Waals surface area contributed by atoms with Crippen LogP contribution in [0.15, 0.2) is 85.2 Å². The van der Waals surface area contributed by atoms with Gasteiger partial charge in [-0.15, -0.1) is 0 Å². The number of aromatic amines is 1. The number of H-pyrrole nitrogens is 1. The van der Waals surface area contributed by atoms with Crippen molar-refractivity contribution in [1.82, 2.24) is 30.3 Å². The number of hydrogen-bond acceptors (Lipinski definition) is 5. The van der Waals surface area contributed by atoms with Crippen molar-refractivity contribution in [3.63, 3.8) is 0 Å². The molecule has 0 bridgehead atoms. The summed E-state index contributed by atoms with van der Waals surface area (Å²) in [5.41, 5.74) is 2.87. The van der Waals surface area contributed by atoms with Gasteiger partial charge in [0.15, 0.2) is 5.69 Å². The van der Waals surface area contributed by atoms with Crippen LogP contribution in [0, 0.1) is 0 Å². The number of benzene rings is 2. The Morgan fingerprint density at radius 3 is 2.43 bits per heavy atom. The standard InChI is InChI=1S/C26H19Cl2N7O2/c27-20-13-21(28)19(12-18(20)22-8-4-5-10-29-22)25(36)32-24-14-23(26(37)30-15-16-9-11-31-33-16)34-35(24)17-6-2-1-3-7-17/h1-14H,15H2,(H,30,37)(H,31,33)(H,32,36). The number of nitrogens with zero attached hydrogens (tertiary/aromatic N) is 4. The zero-order valence-electron chi connectivity index (χ0n) is 19.2. The average Bonchev–Trinajstić information content (AvgIpc) is 3.59. The van der Waals surface area contributed by atoms with Gasteiger partial charge in [0, 0.05) is 24.0 Å². The fourth-order valence-electron chi connectivity index (χ4n) is 3.62. The molecule has 0 radical (unpaired) electrons. The van der Waals surface area contributed by atoms with Crippen LogP contribution in [-0.4, -0.2) is 36.8 Å². The molecule has 37 heavy (non-hydrogen) atoms.